The first-order valence-corrected chi connectivity index (χ1v) is 12.1. The molecule has 0 radical (unpaired) electrons. The predicted octanol–water partition coefficient (Wildman–Crippen LogP) is 4.59. The monoisotopic (exact) mass is 487 g/mol. The van der Waals surface area contributed by atoms with Crippen LogP contribution in [0.3, 0.4) is 0 Å². The van der Waals surface area contributed by atoms with Crippen molar-refractivity contribution in [1.29, 1.82) is 0 Å². The molecule has 2 aromatic carbocycles. The first-order chi connectivity index (χ1) is 16.6. The maximum absolute atomic E-state index is 13.6. The highest BCUT2D eigenvalue weighted by atomic mass is 19.1. The number of hydrogen-bond donors (Lipinski definition) is 2. The van der Waals surface area contributed by atoms with Gasteiger partial charge < -0.3 is 15.4 Å². The number of benzene rings is 2. The van der Waals surface area contributed by atoms with Crippen LogP contribution >= 0.6 is 0 Å². The van der Waals surface area contributed by atoms with Crippen molar-refractivity contribution in [3.8, 4) is 0 Å². The van der Waals surface area contributed by atoms with E-state index in [2.05, 4.69) is 35.4 Å². The molecule has 1 saturated heterocycles. The zero-order valence-electron chi connectivity index (χ0n) is 20.9. The third kappa shape index (κ3) is 7.83. The predicted molar refractivity (Wildman–Crippen MR) is 132 cm³/mol. The zero-order chi connectivity index (χ0) is 25.5. The van der Waals surface area contributed by atoms with Crippen LogP contribution in [0, 0.1) is 31.4 Å². The molecule has 1 fully saturated rings. The van der Waals surface area contributed by atoms with E-state index in [1.165, 1.54) is 0 Å². The van der Waals surface area contributed by atoms with Gasteiger partial charge in [-0.2, -0.15) is 0 Å². The van der Waals surface area contributed by atoms with Gasteiger partial charge in [0, 0.05) is 50.1 Å². The van der Waals surface area contributed by atoms with E-state index in [-0.39, 0.29) is 17.6 Å². The van der Waals surface area contributed by atoms with Crippen molar-refractivity contribution in [2.75, 3.05) is 31.6 Å². The van der Waals surface area contributed by atoms with E-state index in [4.69, 9.17) is 4.74 Å². The zero-order valence-corrected chi connectivity index (χ0v) is 20.9. The van der Waals surface area contributed by atoms with Crippen molar-refractivity contribution < 1.29 is 23.1 Å². The average molecular weight is 488 g/mol. The van der Waals surface area contributed by atoms with E-state index in [0.717, 1.165) is 54.3 Å². The van der Waals surface area contributed by atoms with Crippen LogP contribution in [-0.4, -0.2) is 49.1 Å². The number of amides is 2. The summed E-state index contributed by atoms with van der Waals surface area (Å²) >= 11 is 0. The third-order valence-electron chi connectivity index (χ3n) is 6.00. The van der Waals surface area contributed by atoms with Crippen molar-refractivity contribution >= 4 is 17.5 Å². The Bertz CT molecular complexity index is 1030. The Morgan fingerprint density at radius 2 is 1.83 bits per heavy atom. The lowest BCUT2D eigenvalue weighted by Crippen LogP contribution is -2.40. The van der Waals surface area contributed by atoms with E-state index in [1.54, 1.807) is 0 Å². The molecule has 35 heavy (non-hydrogen) atoms. The van der Waals surface area contributed by atoms with Crippen LogP contribution in [0.2, 0.25) is 0 Å². The first-order valence-electron chi connectivity index (χ1n) is 12.1. The number of nitrogens with one attached hydrogen (secondary N) is 2. The lowest BCUT2D eigenvalue weighted by Gasteiger charge is -2.26. The average Bonchev–Trinajstić information content (AvgIpc) is 3.30. The van der Waals surface area contributed by atoms with Gasteiger partial charge in [-0.25, -0.2) is 8.78 Å². The van der Waals surface area contributed by atoms with Gasteiger partial charge in [-0.1, -0.05) is 19.9 Å². The Morgan fingerprint density at radius 3 is 2.46 bits per heavy atom. The maximum Gasteiger partial charge on any atom is 0.255 e. The Balaban J connectivity index is 1.70. The summed E-state index contributed by atoms with van der Waals surface area (Å²) in [4.78, 5) is 27.2. The van der Waals surface area contributed by atoms with Crippen LogP contribution in [0.1, 0.15) is 53.7 Å². The molecule has 1 aliphatic rings. The molecule has 0 saturated carbocycles. The number of carbonyl (C=O) groups excluding carboxylic acids is 2. The molecule has 0 aliphatic carbocycles. The third-order valence-corrected chi connectivity index (χ3v) is 6.00. The fourth-order valence-corrected chi connectivity index (χ4v) is 4.33. The molecule has 3 rings (SSSR count). The number of halogens is 2. The molecular weight excluding hydrogens is 452 g/mol. The normalized spacial score (nSPS) is 15.6. The summed E-state index contributed by atoms with van der Waals surface area (Å²) in [5, 5.41) is 5.78. The topological polar surface area (TPSA) is 70.7 Å². The molecular formula is C27H35F2N3O3. The van der Waals surface area contributed by atoms with E-state index in [1.807, 2.05) is 19.9 Å². The summed E-state index contributed by atoms with van der Waals surface area (Å²) < 4.78 is 32.6. The second-order valence-corrected chi connectivity index (χ2v) is 9.63. The Kier molecular flexibility index (Phi) is 9.34. The fourth-order valence-electron chi connectivity index (χ4n) is 4.33. The number of ether oxygens (including phenoxy) is 1. The molecule has 0 bridgehead atoms. The molecule has 0 aromatic heterocycles. The molecule has 2 N–H and O–H groups in total. The van der Waals surface area contributed by atoms with Gasteiger partial charge in [0.25, 0.3) is 5.91 Å². The summed E-state index contributed by atoms with van der Waals surface area (Å²) in [7, 11) is 0. The standard InChI is InChI=1S/C27H35F2N3O3/c1-17(2)15-32(8-7-30-27(34)25-6-5-9-35-25)16-21-10-18(3)11-24(19(21)4)31-26(33)20-12-22(28)14-23(29)13-20/h10-14,17,25H,5-9,15-16H2,1-4H3,(H,30,34)(H,31,33)/t25-/m0/s1. The van der Waals surface area contributed by atoms with E-state index in [0.29, 0.717) is 37.8 Å². The number of hydrogen-bond acceptors (Lipinski definition) is 4. The SMILES string of the molecule is Cc1cc(CN(CCNC(=O)[C@@H]2CCCO2)CC(C)C)c(C)c(NC(=O)c2cc(F)cc(F)c2)c1. The minimum Gasteiger partial charge on any atom is -0.368 e. The van der Waals surface area contributed by atoms with Gasteiger partial charge in [-0.15, -0.1) is 0 Å². The van der Waals surface area contributed by atoms with Crippen LogP contribution < -0.4 is 10.6 Å². The number of carbonyl (C=O) groups is 2. The van der Waals surface area contributed by atoms with E-state index < -0.39 is 17.5 Å². The smallest absolute Gasteiger partial charge is 0.255 e. The molecule has 2 aromatic rings. The molecule has 8 heteroatoms. The molecule has 0 unspecified atom stereocenters. The van der Waals surface area contributed by atoms with Crippen molar-refractivity contribution in [3.63, 3.8) is 0 Å². The number of nitrogens with zero attached hydrogens (tertiary/aromatic N) is 1. The molecule has 1 heterocycles. The highest BCUT2D eigenvalue weighted by molar-refractivity contribution is 6.04. The Labute approximate surface area is 206 Å². The largest absolute Gasteiger partial charge is 0.368 e. The molecule has 2 amide bonds. The lowest BCUT2D eigenvalue weighted by atomic mass is 10.0. The second-order valence-electron chi connectivity index (χ2n) is 9.63. The van der Waals surface area contributed by atoms with Gasteiger partial charge >= 0.3 is 0 Å². The summed E-state index contributed by atoms with van der Waals surface area (Å²) in [5.41, 5.74) is 3.41. The van der Waals surface area contributed by atoms with Crippen LogP contribution in [0.4, 0.5) is 14.5 Å². The van der Waals surface area contributed by atoms with Gasteiger partial charge in [0.2, 0.25) is 5.91 Å². The fraction of sp³-hybridized carbons (Fsp3) is 0.481. The van der Waals surface area contributed by atoms with Crippen molar-refractivity contribution in [1.82, 2.24) is 10.2 Å². The Hall–Kier alpha value is -2.84. The van der Waals surface area contributed by atoms with Crippen molar-refractivity contribution in [2.45, 2.75) is 53.2 Å². The van der Waals surface area contributed by atoms with Crippen LogP contribution in [0.5, 0.6) is 0 Å². The number of anilines is 1. The quantitative estimate of drug-likeness (QED) is 0.515. The van der Waals surface area contributed by atoms with Gasteiger partial charge in [0.15, 0.2) is 0 Å². The van der Waals surface area contributed by atoms with Crippen LogP contribution in [0.25, 0.3) is 0 Å². The highest BCUT2D eigenvalue weighted by Crippen LogP contribution is 2.24. The molecule has 6 nitrogen and oxygen atoms in total. The minimum absolute atomic E-state index is 0.0579. The first kappa shape index (κ1) is 26.8. The molecule has 1 atom stereocenters. The molecule has 1 aliphatic heterocycles. The van der Waals surface area contributed by atoms with Crippen molar-refractivity contribution in [2.24, 2.45) is 5.92 Å². The van der Waals surface area contributed by atoms with Gasteiger partial charge in [0.1, 0.15) is 17.7 Å². The number of rotatable bonds is 10. The van der Waals surface area contributed by atoms with Crippen molar-refractivity contribution in [3.05, 3.63) is 64.2 Å². The summed E-state index contributed by atoms with van der Waals surface area (Å²) in [6.45, 7) is 11.5. The second kappa shape index (κ2) is 12.2. The minimum atomic E-state index is -0.798. The van der Waals surface area contributed by atoms with Gasteiger partial charge in [0.05, 0.1) is 0 Å². The summed E-state index contributed by atoms with van der Waals surface area (Å²) in [6, 6.07) is 6.69. The maximum atomic E-state index is 13.6. The number of aryl methyl sites for hydroxylation is 1. The highest BCUT2D eigenvalue weighted by Gasteiger charge is 2.23. The summed E-state index contributed by atoms with van der Waals surface area (Å²) in [5.74, 6) is -1.80. The van der Waals surface area contributed by atoms with Crippen LogP contribution in [0.15, 0.2) is 30.3 Å². The van der Waals surface area contributed by atoms with E-state index >= 15 is 0 Å². The van der Waals surface area contributed by atoms with Gasteiger partial charge in [-0.05, 0) is 67.5 Å². The van der Waals surface area contributed by atoms with E-state index in [9.17, 15) is 18.4 Å². The summed E-state index contributed by atoms with van der Waals surface area (Å²) in [6.07, 6.45) is 1.34. The molecule has 190 valence electrons. The van der Waals surface area contributed by atoms with Crippen LogP contribution in [-0.2, 0) is 16.1 Å². The van der Waals surface area contributed by atoms with Gasteiger partial charge in [-0.3, -0.25) is 14.5 Å². The Morgan fingerprint density at radius 1 is 1.11 bits per heavy atom. The molecule has 0 spiro atoms. The lowest BCUT2D eigenvalue weighted by molar-refractivity contribution is -0.130.